The number of carbonyl (C=O) groups excluding carboxylic acids is 1. The van der Waals surface area contributed by atoms with Crippen molar-refractivity contribution in [3.05, 3.63) is 123 Å². The number of aromatic nitrogens is 2. The zero-order chi connectivity index (χ0) is 23.9. The third-order valence-electron chi connectivity index (χ3n) is 4.96. The second-order valence-electron chi connectivity index (χ2n) is 7.13. The zero-order valence-corrected chi connectivity index (χ0v) is 18.4. The van der Waals surface area contributed by atoms with Crippen LogP contribution in [0.25, 0.3) is 0 Å². The third kappa shape index (κ3) is 5.11. The molecule has 0 aliphatic rings. The zero-order valence-electron chi connectivity index (χ0n) is 17.7. The van der Waals surface area contributed by atoms with Crippen molar-refractivity contribution in [1.29, 1.82) is 0 Å². The van der Waals surface area contributed by atoms with E-state index in [1.54, 1.807) is 18.2 Å². The first-order valence-corrected chi connectivity index (χ1v) is 10.6. The van der Waals surface area contributed by atoms with E-state index in [0.717, 1.165) is 11.1 Å². The summed E-state index contributed by atoms with van der Waals surface area (Å²) in [5.74, 6) is -0.755. The number of nitrogens with one attached hydrogen (secondary N) is 3. The van der Waals surface area contributed by atoms with Crippen LogP contribution in [0, 0.1) is 10.1 Å². The number of rotatable bonds is 8. The fourth-order valence-electron chi connectivity index (χ4n) is 3.36. The second-order valence-corrected chi connectivity index (χ2v) is 7.54. The first kappa shape index (κ1) is 22.7. The maximum atomic E-state index is 12.5. The van der Waals surface area contributed by atoms with Crippen LogP contribution in [0.5, 0.6) is 0 Å². The van der Waals surface area contributed by atoms with E-state index in [1.165, 1.54) is 12.4 Å². The Morgan fingerprint density at radius 3 is 2.00 bits per heavy atom. The Morgan fingerprint density at radius 2 is 1.41 bits per heavy atom. The van der Waals surface area contributed by atoms with E-state index in [4.69, 9.17) is 11.6 Å². The Morgan fingerprint density at radius 1 is 0.853 bits per heavy atom. The molecule has 4 aromatic rings. The van der Waals surface area contributed by atoms with Crippen LogP contribution in [0.1, 0.15) is 27.5 Å². The first-order chi connectivity index (χ1) is 16.5. The van der Waals surface area contributed by atoms with E-state index in [-0.39, 0.29) is 22.2 Å². The fourth-order valence-corrected chi connectivity index (χ4v) is 3.59. The highest BCUT2D eigenvalue weighted by molar-refractivity contribution is 6.33. The molecule has 0 aliphatic carbocycles. The molecule has 0 aliphatic heterocycles. The summed E-state index contributed by atoms with van der Waals surface area (Å²) in [5.41, 5.74) is 6.50. The van der Waals surface area contributed by atoms with Crippen LogP contribution in [-0.2, 0) is 0 Å². The summed E-state index contributed by atoms with van der Waals surface area (Å²) in [4.78, 5) is 31.9. The summed E-state index contributed by atoms with van der Waals surface area (Å²) in [6.45, 7) is 0. The van der Waals surface area contributed by atoms with E-state index in [1.807, 2.05) is 60.7 Å². The molecule has 34 heavy (non-hydrogen) atoms. The Kier molecular flexibility index (Phi) is 6.95. The number of halogens is 1. The number of anilines is 2. The molecule has 0 atom stereocenters. The summed E-state index contributed by atoms with van der Waals surface area (Å²) < 4.78 is 0. The van der Waals surface area contributed by atoms with Gasteiger partial charge in [0.2, 0.25) is 11.6 Å². The summed E-state index contributed by atoms with van der Waals surface area (Å²) in [5, 5.41) is 15.4. The van der Waals surface area contributed by atoms with Gasteiger partial charge in [-0.25, -0.2) is 9.97 Å². The van der Waals surface area contributed by atoms with Crippen molar-refractivity contribution in [2.45, 2.75) is 6.04 Å². The minimum absolute atomic E-state index is 0.00722. The van der Waals surface area contributed by atoms with Crippen molar-refractivity contribution in [3.63, 3.8) is 0 Å². The number of carbonyl (C=O) groups is 1. The molecule has 0 radical (unpaired) electrons. The highest BCUT2D eigenvalue weighted by Gasteiger charge is 2.26. The molecule has 1 amide bonds. The van der Waals surface area contributed by atoms with E-state index in [2.05, 4.69) is 26.1 Å². The van der Waals surface area contributed by atoms with Gasteiger partial charge in [0.1, 0.15) is 6.33 Å². The normalized spacial score (nSPS) is 10.5. The largest absolute Gasteiger partial charge is 0.354 e. The first-order valence-electron chi connectivity index (χ1n) is 10.2. The Hall–Kier alpha value is -4.50. The third-order valence-corrected chi connectivity index (χ3v) is 5.29. The van der Waals surface area contributed by atoms with Crippen molar-refractivity contribution in [1.82, 2.24) is 15.4 Å². The Labute approximate surface area is 200 Å². The molecule has 0 saturated carbocycles. The van der Waals surface area contributed by atoms with Crippen LogP contribution in [0.15, 0.2) is 91.3 Å². The van der Waals surface area contributed by atoms with Gasteiger partial charge >= 0.3 is 5.69 Å². The lowest BCUT2D eigenvalue weighted by molar-refractivity contribution is -0.383. The smallest absolute Gasteiger partial charge is 0.353 e. The molecule has 0 fully saturated rings. The average Bonchev–Trinajstić information content (AvgIpc) is 2.87. The number of nitro groups is 1. The van der Waals surface area contributed by atoms with Crippen LogP contribution < -0.4 is 16.2 Å². The van der Waals surface area contributed by atoms with Gasteiger partial charge in [-0.05, 0) is 23.3 Å². The molecule has 1 aromatic heterocycles. The van der Waals surface area contributed by atoms with Gasteiger partial charge in [0, 0.05) is 0 Å². The average molecular weight is 475 g/mol. The second kappa shape index (κ2) is 10.4. The minimum Gasteiger partial charge on any atom is -0.353 e. The summed E-state index contributed by atoms with van der Waals surface area (Å²) in [6.07, 6.45) is 1.17. The van der Waals surface area contributed by atoms with Gasteiger partial charge in [-0.15, -0.1) is 0 Å². The van der Waals surface area contributed by atoms with E-state index in [0.29, 0.717) is 0 Å². The predicted octanol–water partition coefficient (Wildman–Crippen LogP) is 5.00. The van der Waals surface area contributed by atoms with E-state index in [9.17, 15) is 14.9 Å². The fraction of sp³-hybridized carbons (Fsp3) is 0.0417. The molecule has 1 heterocycles. The van der Waals surface area contributed by atoms with Crippen molar-refractivity contribution >= 4 is 34.8 Å². The maximum Gasteiger partial charge on any atom is 0.354 e. The van der Waals surface area contributed by atoms with Crippen LogP contribution >= 0.6 is 11.6 Å². The Balaban J connectivity index is 1.64. The lowest BCUT2D eigenvalue weighted by Gasteiger charge is -2.20. The lowest BCUT2D eigenvalue weighted by atomic mass is 9.99. The lowest BCUT2D eigenvalue weighted by Crippen LogP contribution is -2.30. The molecule has 4 rings (SSSR count). The number of benzene rings is 3. The van der Waals surface area contributed by atoms with E-state index < -0.39 is 22.6 Å². The molecule has 9 nitrogen and oxygen atoms in total. The summed E-state index contributed by atoms with van der Waals surface area (Å²) >= 11 is 6.05. The standard InChI is InChI=1S/C24H19ClN6O3/c25-19-14-8-7-13-18(19)24(32)30-29-23-21(31(33)34)22(26-15-27-23)28-20(16-9-3-1-4-10-16)17-11-5-2-6-12-17/h1-15,20H,(H,30,32)(H2,26,27,28,29). The molecule has 0 unspecified atom stereocenters. The molecule has 10 heteroatoms. The highest BCUT2D eigenvalue weighted by Crippen LogP contribution is 2.33. The number of hydrogen-bond donors (Lipinski definition) is 3. The van der Waals surface area contributed by atoms with Gasteiger partial charge in [0.15, 0.2) is 0 Å². The van der Waals surface area contributed by atoms with E-state index >= 15 is 0 Å². The topological polar surface area (TPSA) is 122 Å². The summed E-state index contributed by atoms with van der Waals surface area (Å²) in [6, 6.07) is 25.0. The van der Waals surface area contributed by atoms with Gasteiger partial charge in [-0.3, -0.25) is 25.8 Å². The molecule has 0 bridgehead atoms. The monoisotopic (exact) mass is 474 g/mol. The predicted molar refractivity (Wildman–Crippen MR) is 130 cm³/mol. The van der Waals surface area contributed by atoms with Gasteiger partial charge in [-0.1, -0.05) is 84.4 Å². The van der Waals surface area contributed by atoms with Crippen molar-refractivity contribution in [3.8, 4) is 0 Å². The van der Waals surface area contributed by atoms with Crippen molar-refractivity contribution < 1.29 is 9.72 Å². The number of nitrogens with zero attached hydrogens (tertiary/aromatic N) is 3. The molecule has 3 N–H and O–H groups in total. The quantitative estimate of drug-likeness (QED) is 0.242. The molecular weight excluding hydrogens is 456 g/mol. The minimum atomic E-state index is -0.612. The van der Waals surface area contributed by atoms with Crippen LogP contribution in [0.3, 0.4) is 0 Å². The molecule has 0 spiro atoms. The molecule has 3 aromatic carbocycles. The molecular formula is C24H19ClN6O3. The van der Waals surface area contributed by atoms with Gasteiger partial charge in [0.25, 0.3) is 5.91 Å². The number of hydrogen-bond acceptors (Lipinski definition) is 7. The SMILES string of the molecule is O=C(NNc1ncnc(NC(c2ccccc2)c2ccccc2)c1[N+](=O)[O-])c1ccccc1Cl. The van der Waals surface area contributed by atoms with Gasteiger partial charge in [-0.2, -0.15) is 0 Å². The van der Waals surface area contributed by atoms with Gasteiger partial charge < -0.3 is 5.32 Å². The number of hydrazine groups is 1. The van der Waals surface area contributed by atoms with Crippen molar-refractivity contribution in [2.24, 2.45) is 0 Å². The maximum absolute atomic E-state index is 12.5. The van der Waals surface area contributed by atoms with Crippen LogP contribution in [0.2, 0.25) is 5.02 Å². The van der Waals surface area contributed by atoms with Gasteiger partial charge in [0.05, 0.1) is 21.6 Å². The highest BCUT2D eigenvalue weighted by atomic mass is 35.5. The Bertz CT molecular complexity index is 1270. The van der Waals surface area contributed by atoms with Crippen LogP contribution in [0.4, 0.5) is 17.3 Å². The van der Waals surface area contributed by atoms with Crippen LogP contribution in [-0.4, -0.2) is 20.8 Å². The number of amides is 1. The summed E-state index contributed by atoms with van der Waals surface area (Å²) in [7, 11) is 0. The molecule has 170 valence electrons. The molecule has 0 saturated heterocycles. The van der Waals surface area contributed by atoms with Crippen molar-refractivity contribution in [2.75, 3.05) is 10.7 Å².